The van der Waals surface area contributed by atoms with Gasteiger partial charge in [0.25, 0.3) is 0 Å². The van der Waals surface area contributed by atoms with Gasteiger partial charge in [-0.25, -0.2) is 13.1 Å². The van der Waals surface area contributed by atoms with E-state index in [1.807, 2.05) is 56.3 Å². The predicted octanol–water partition coefficient (Wildman–Crippen LogP) is 3.70. The van der Waals surface area contributed by atoms with Gasteiger partial charge in [-0.2, -0.15) is 0 Å². The molecule has 1 amide bonds. The molecule has 0 saturated heterocycles. The van der Waals surface area contributed by atoms with Gasteiger partial charge in [-0.05, 0) is 42.8 Å². The van der Waals surface area contributed by atoms with Crippen LogP contribution in [0.2, 0.25) is 0 Å². The SMILES string of the molecule is COc1ccc(C)cc1[C@H](C)NC(=O)CCNS(=O)(=O)c1ccc2ccccc2c1. The number of fused-ring (bicyclic) bond motifs is 1. The number of hydrogen-bond donors (Lipinski definition) is 2. The molecular formula is C23H26N2O4S. The summed E-state index contributed by atoms with van der Waals surface area (Å²) in [4.78, 5) is 12.5. The number of aryl methyl sites for hydroxylation is 1. The zero-order valence-corrected chi connectivity index (χ0v) is 18.1. The number of sulfonamides is 1. The summed E-state index contributed by atoms with van der Waals surface area (Å²) >= 11 is 0. The Morgan fingerprint density at radius 2 is 1.77 bits per heavy atom. The van der Waals surface area contributed by atoms with Crippen molar-refractivity contribution in [3.8, 4) is 5.75 Å². The number of carbonyl (C=O) groups is 1. The van der Waals surface area contributed by atoms with Crippen LogP contribution in [0, 0.1) is 6.92 Å². The summed E-state index contributed by atoms with van der Waals surface area (Å²) in [5.41, 5.74) is 1.94. The summed E-state index contributed by atoms with van der Waals surface area (Å²) in [7, 11) is -2.11. The standard InChI is InChI=1S/C23H26N2O4S/c1-16-8-11-22(29-3)21(14-16)17(2)25-23(26)12-13-24-30(27,28)20-10-9-18-6-4-5-7-19(18)15-20/h4-11,14-15,17,24H,12-13H2,1-3H3,(H,25,26)/t17-/m0/s1. The van der Waals surface area contributed by atoms with E-state index in [9.17, 15) is 13.2 Å². The zero-order chi connectivity index (χ0) is 21.7. The van der Waals surface area contributed by atoms with Crippen molar-refractivity contribution in [1.29, 1.82) is 0 Å². The van der Waals surface area contributed by atoms with Crippen LogP contribution in [-0.4, -0.2) is 28.0 Å². The monoisotopic (exact) mass is 426 g/mol. The summed E-state index contributed by atoms with van der Waals surface area (Å²) in [6.07, 6.45) is 0.0330. The molecule has 0 unspecified atom stereocenters. The van der Waals surface area contributed by atoms with E-state index in [1.54, 1.807) is 25.3 Å². The molecule has 0 bridgehead atoms. The first-order chi connectivity index (χ1) is 14.3. The first kappa shape index (κ1) is 21.8. The molecule has 0 aliphatic rings. The summed E-state index contributed by atoms with van der Waals surface area (Å²) in [6, 6.07) is 18.0. The molecule has 158 valence electrons. The summed E-state index contributed by atoms with van der Waals surface area (Å²) in [5.74, 6) is 0.456. The van der Waals surface area contributed by atoms with E-state index in [-0.39, 0.29) is 29.8 Å². The molecule has 6 nitrogen and oxygen atoms in total. The highest BCUT2D eigenvalue weighted by atomic mass is 32.2. The molecule has 0 spiro atoms. The second-order valence-corrected chi connectivity index (χ2v) is 8.96. The van der Waals surface area contributed by atoms with Crippen LogP contribution in [0.5, 0.6) is 5.75 Å². The first-order valence-corrected chi connectivity index (χ1v) is 11.2. The second-order valence-electron chi connectivity index (χ2n) is 7.19. The minimum atomic E-state index is -3.69. The Bertz CT molecular complexity index is 1160. The maximum absolute atomic E-state index is 12.6. The molecule has 3 rings (SSSR count). The van der Waals surface area contributed by atoms with E-state index in [0.717, 1.165) is 21.9 Å². The molecule has 7 heteroatoms. The molecule has 3 aromatic carbocycles. The van der Waals surface area contributed by atoms with E-state index in [1.165, 1.54) is 0 Å². The van der Waals surface area contributed by atoms with Crippen molar-refractivity contribution in [2.75, 3.05) is 13.7 Å². The Balaban J connectivity index is 1.58. The van der Waals surface area contributed by atoms with Crippen molar-refractivity contribution in [3.05, 3.63) is 71.8 Å². The predicted molar refractivity (Wildman–Crippen MR) is 118 cm³/mol. The number of rotatable bonds is 8. The van der Waals surface area contributed by atoms with Gasteiger partial charge in [0.15, 0.2) is 0 Å². The lowest BCUT2D eigenvalue weighted by molar-refractivity contribution is -0.121. The molecule has 0 heterocycles. The minimum absolute atomic E-state index is 0.0126. The molecule has 3 aromatic rings. The number of hydrogen-bond acceptors (Lipinski definition) is 4. The van der Waals surface area contributed by atoms with Crippen molar-refractivity contribution in [1.82, 2.24) is 10.0 Å². The van der Waals surface area contributed by atoms with Crippen LogP contribution < -0.4 is 14.8 Å². The summed E-state index contributed by atoms with van der Waals surface area (Å²) in [5, 5.41) is 4.71. The largest absolute Gasteiger partial charge is 0.496 e. The zero-order valence-electron chi connectivity index (χ0n) is 17.3. The van der Waals surface area contributed by atoms with Crippen molar-refractivity contribution in [2.45, 2.75) is 31.2 Å². The Morgan fingerprint density at radius 1 is 1.03 bits per heavy atom. The van der Waals surface area contributed by atoms with Crippen LogP contribution in [0.3, 0.4) is 0 Å². The van der Waals surface area contributed by atoms with Crippen LogP contribution >= 0.6 is 0 Å². The smallest absolute Gasteiger partial charge is 0.240 e. The summed E-state index contributed by atoms with van der Waals surface area (Å²) in [6.45, 7) is 3.85. The van der Waals surface area contributed by atoms with Crippen LogP contribution in [-0.2, 0) is 14.8 Å². The number of nitrogens with one attached hydrogen (secondary N) is 2. The normalized spacial score (nSPS) is 12.5. The van der Waals surface area contributed by atoms with E-state index in [4.69, 9.17) is 4.74 Å². The lowest BCUT2D eigenvalue weighted by Crippen LogP contribution is -2.32. The van der Waals surface area contributed by atoms with Crippen molar-refractivity contribution in [2.24, 2.45) is 0 Å². The Labute approximate surface area is 177 Å². The minimum Gasteiger partial charge on any atom is -0.496 e. The van der Waals surface area contributed by atoms with Gasteiger partial charge in [0.1, 0.15) is 5.75 Å². The highest BCUT2D eigenvalue weighted by Gasteiger charge is 2.17. The number of amides is 1. The molecule has 0 aliphatic carbocycles. The first-order valence-electron chi connectivity index (χ1n) is 9.72. The Kier molecular flexibility index (Phi) is 6.74. The van der Waals surface area contributed by atoms with Gasteiger partial charge in [0, 0.05) is 18.5 Å². The second kappa shape index (κ2) is 9.28. The molecule has 0 saturated carbocycles. The molecule has 0 aromatic heterocycles. The molecule has 2 N–H and O–H groups in total. The van der Waals surface area contributed by atoms with Crippen molar-refractivity contribution < 1.29 is 17.9 Å². The maximum atomic E-state index is 12.6. The third kappa shape index (κ3) is 5.17. The van der Waals surface area contributed by atoms with E-state index < -0.39 is 10.0 Å². The van der Waals surface area contributed by atoms with E-state index in [0.29, 0.717) is 5.75 Å². The van der Waals surface area contributed by atoms with Gasteiger partial charge in [0.2, 0.25) is 15.9 Å². The van der Waals surface area contributed by atoms with Crippen LogP contribution in [0.4, 0.5) is 0 Å². The van der Waals surface area contributed by atoms with Gasteiger partial charge < -0.3 is 10.1 Å². The average Bonchev–Trinajstić information content (AvgIpc) is 2.73. The average molecular weight is 427 g/mol. The lowest BCUT2D eigenvalue weighted by Gasteiger charge is -2.18. The van der Waals surface area contributed by atoms with Gasteiger partial charge in [-0.3, -0.25) is 4.79 Å². The fourth-order valence-electron chi connectivity index (χ4n) is 3.30. The highest BCUT2D eigenvalue weighted by molar-refractivity contribution is 7.89. The molecule has 0 aliphatic heterocycles. The van der Waals surface area contributed by atoms with Crippen molar-refractivity contribution in [3.63, 3.8) is 0 Å². The van der Waals surface area contributed by atoms with E-state index >= 15 is 0 Å². The van der Waals surface area contributed by atoms with Gasteiger partial charge >= 0.3 is 0 Å². The van der Waals surface area contributed by atoms with Crippen molar-refractivity contribution >= 4 is 26.7 Å². The quantitative estimate of drug-likeness (QED) is 0.575. The maximum Gasteiger partial charge on any atom is 0.240 e. The number of carbonyl (C=O) groups excluding carboxylic acids is 1. The number of methoxy groups -OCH3 is 1. The van der Waals surface area contributed by atoms with Gasteiger partial charge in [-0.1, -0.05) is 48.0 Å². The molecule has 0 fully saturated rings. The molecule has 1 atom stereocenters. The van der Waals surface area contributed by atoms with E-state index in [2.05, 4.69) is 10.0 Å². The van der Waals surface area contributed by atoms with Crippen LogP contribution in [0.1, 0.15) is 30.5 Å². The topological polar surface area (TPSA) is 84.5 Å². The third-order valence-electron chi connectivity index (χ3n) is 4.90. The summed E-state index contributed by atoms with van der Waals surface area (Å²) < 4.78 is 33.0. The number of ether oxygens (including phenoxy) is 1. The Hall–Kier alpha value is -2.90. The van der Waals surface area contributed by atoms with Gasteiger partial charge in [0.05, 0.1) is 18.0 Å². The number of benzene rings is 3. The molecule has 30 heavy (non-hydrogen) atoms. The van der Waals surface area contributed by atoms with Crippen LogP contribution in [0.15, 0.2) is 65.6 Å². The van der Waals surface area contributed by atoms with Gasteiger partial charge in [-0.15, -0.1) is 0 Å². The Morgan fingerprint density at radius 3 is 2.50 bits per heavy atom. The van der Waals surface area contributed by atoms with Crippen LogP contribution in [0.25, 0.3) is 10.8 Å². The molecule has 0 radical (unpaired) electrons. The third-order valence-corrected chi connectivity index (χ3v) is 6.36. The molecular weight excluding hydrogens is 400 g/mol. The fourth-order valence-corrected chi connectivity index (χ4v) is 4.37. The fraction of sp³-hybridized carbons (Fsp3) is 0.261. The lowest BCUT2D eigenvalue weighted by atomic mass is 10.0. The highest BCUT2D eigenvalue weighted by Crippen LogP contribution is 2.26.